The average Bonchev–Trinajstić information content (AvgIpc) is 3.23. The zero-order valence-electron chi connectivity index (χ0n) is 16.4. The van der Waals surface area contributed by atoms with E-state index in [0.29, 0.717) is 9.90 Å². The monoisotopic (exact) mass is 479 g/mol. The van der Waals surface area contributed by atoms with Gasteiger partial charge in [-0.05, 0) is 36.6 Å². The summed E-state index contributed by atoms with van der Waals surface area (Å²) >= 11 is 2.15. The third-order valence-electron chi connectivity index (χ3n) is 4.19. The van der Waals surface area contributed by atoms with E-state index in [0.717, 1.165) is 29.2 Å². The van der Waals surface area contributed by atoms with Crippen molar-refractivity contribution in [3.63, 3.8) is 0 Å². The van der Waals surface area contributed by atoms with Gasteiger partial charge >= 0.3 is 5.97 Å². The standard InChI is InChI=1S/C19H17N3O6S3/c1-28-18(23)16-10-17(19(29-2)30-16)31(26,27)13-6-7-14(15(9-13)22(24)25)21-11-12-5-3-4-8-20-12/h3-10,21H,11H2,1-2H3. The molecule has 0 amide bonds. The van der Waals surface area contributed by atoms with Gasteiger partial charge in [-0.2, -0.15) is 0 Å². The van der Waals surface area contributed by atoms with Crippen LogP contribution < -0.4 is 5.32 Å². The van der Waals surface area contributed by atoms with Gasteiger partial charge in [-0.25, -0.2) is 13.2 Å². The first kappa shape index (κ1) is 22.7. The van der Waals surface area contributed by atoms with Crippen LogP contribution in [-0.2, 0) is 21.1 Å². The Balaban J connectivity index is 1.99. The molecular formula is C19H17N3O6S3. The lowest BCUT2D eigenvalue weighted by Crippen LogP contribution is -2.07. The lowest BCUT2D eigenvalue weighted by Gasteiger charge is -2.09. The first-order valence-electron chi connectivity index (χ1n) is 8.71. The van der Waals surface area contributed by atoms with Crippen LogP contribution in [0.5, 0.6) is 0 Å². The van der Waals surface area contributed by atoms with Crippen molar-refractivity contribution in [2.24, 2.45) is 0 Å². The Labute approximate surface area is 186 Å². The van der Waals surface area contributed by atoms with Crippen LogP contribution in [-0.4, -0.2) is 37.7 Å². The topological polar surface area (TPSA) is 128 Å². The highest BCUT2D eigenvalue weighted by atomic mass is 32.2. The number of nitro benzene ring substituents is 1. The minimum atomic E-state index is -4.11. The molecule has 3 rings (SSSR count). The van der Waals surface area contributed by atoms with Crippen molar-refractivity contribution in [2.75, 3.05) is 18.7 Å². The number of carbonyl (C=O) groups excluding carboxylic acids is 1. The van der Waals surface area contributed by atoms with Crippen molar-refractivity contribution in [1.29, 1.82) is 0 Å². The van der Waals surface area contributed by atoms with Crippen LogP contribution in [0.25, 0.3) is 0 Å². The second-order valence-electron chi connectivity index (χ2n) is 6.07. The third kappa shape index (κ3) is 4.86. The van der Waals surface area contributed by atoms with E-state index in [2.05, 4.69) is 15.0 Å². The molecule has 0 fully saturated rings. The second kappa shape index (κ2) is 9.45. The normalized spacial score (nSPS) is 11.2. The van der Waals surface area contributed by atoms with Crippen molar-refractivity contribution in [3.8, 4) is 0 Å². The van der Waals surface area contributed by atoms with Crippen LogP contribution in [0.4, 0.5) is 11.4 Å². The molecule has 31 heavy (non-hydrogen) atoms. The number of nitro groups is 1. The number of aromatic nitrogens is 1. The summed E-state index contributed by atoms with van der Waals surface area (Å²) in [5, 5.41) is 14.5. The molecule has 162 valence electrons. The molecule has 0 aliphatic rings. The molecule has 2 aromatic heterocycles. The Hall–Kier alpha value is -2.96. The van der Waals surface area contributed by atoms with Crippen molar-refractivity contribution >= 4 is 50.3 Å². The van der Waals surface area contributed by atoms with Crippen molar-refractivity contribution in [1.82, 2.24) is 4.98 Å². The number of nitrogens with one attached hydrogen (secondary N) is 1. The number of pyridine rings is 1. The summed E-state index contributed by atoms with van der Waals surface area (Å²) in [5.41, 5.74) is 0.457. The highest BCUT2D eigenvalue weighted by Crippen LogP contribution is 2.38. The second-order valence-corrected chi connectivity index (χ2v) is 10.1. The molecule has 0 saturated heterocycles. The van der Waals surface area contributed by atoms with Crippen LogP contribution in [0.3, 0.4) is 0 Å². The number of thioether (sulfide) groups is 1. The van der Waals surface area contributed by atoms with Gasteiger partial charge in [-0.3, -0.25) is 15.1 Å². The molecule has 0 radical (unpaired) electrons. The molecule has 3 aromatic rings. The van der Waals surface area contributed by atoms with Gasteiger partial charge in [0, 0.05) is 12.3 Å². The van der Waals surface area contributed by atoms with Crippen LogP contribution >= 0.6 is 23.1 Å². The van der Waals surface area contributed by atoms with Gasteiger partial charge in [0.05, 0.1) is 38.3 Å². The van der Waals surface area contributed by atoms with Crippen LogP contribution in [0.1, 0.15) is 15.4 Å². The fraction of sp³-hybridized carbons (Fsp3) is 0.158. The van der Waals surface area contributed by atoms with E-state index in [9.17, 15) is 23.3 Å². The number of hydrogen-bond acceptors (Lipinski definition) is 10. The Kier molecular flexibility index (Phi) is 6.93. The summed E-state index contributed by atoms with van der Waals surface area (Å²) in [4.78, 5) is 26.7. The van der Waals surface area contributed by atoms with E-state index >= 15 is 0 Å². The van der Waals surface area contributed by atoms with Gasteiger partial charge in [0.25, 0.3) is 5.69 Å². The van der Waals surface area contributed by atoms with Gasteiger partial charge in [0.2, 0.25) is 9.84 Å². The Morgan fingerprint density at radius 3 is 2.68 bits per heavy atom. The van der Waals surface area contributed by atoms with Crippen LogP contribution in [0.15, 0.2) is 62.7 Å². The van der Waals surface area contributed by atoms with Gasteiger partial charge in [-0.15, -0.1) is 23.1 Å². The molecule has 1 N–H and O–H groups in total. The van der Waals surface area contributed by atoms with E-state index < -0.39 is 20.7 Å². The Morgan fingerprint density at radius 2 is 2.06 bits per heavy atom. The summed E-state index contributed by atoms with van der Waals surface area (Å²) in [7, 11) is -2.90. The number of anilines is 1. The van der Waals surface area contributed by atoms with E-state index in [1.54, 1.807) is 30.7 Å². The number of hydrogen-bond donors (Lipinski definition) is 1. The average molecular weight is 480 g/mol. The number of benzene rings is 1. The highest BCUT2D eigenvalue weighted by Gasteiger charge is 2.28. The number of carbonyl (C=O) groups is 1. The molecule has 0 atom stereocenters. The summed E-state index contributed by atoms with van der Waals surface area (Å²) in [6, 6.07) is 10.2. The van der Waals surface area contributed by atoms with Gasteiger partial charge in [0.15, 0.2) is 0 Å². The number of ether oxygens (including phenoxy) is 1. The largest absolute Gasteiger partial charge is 0.465 e. The van der Waals surface area contributed by atoms with E-state index in [1.807, 2.05) is 0 Å². The maximum absolute atomic E-state index is 13.2. The first-order valence-corrected chi connectivity index (χ1v) is 12.2. The molecule has 9 nitrogen and oxygen atoms in total. The Morgan fingerprint density at radius 1 is 1.29 bits per heavy atom. The molecule has 0 bridgehead atoms. The van der Waals surface area contributed by atoms with Gasteiger partial charge in [0.1, 0.15) is 10.6 Å². The quantitative estimate of drug-likeness (QED) is 0.220. The first-order chi connectivity index (χ1) is 14.8. The number of thiophene rings is 1. The predicted octanol–water partition coefficient (Wildman–Crippen LogP) is 4.00. The summed E-state index contributed by atoms with van der Waals surface area (Å²) in [6.07, 6.45) is 3.28. The molecule has 0 saturated carbocycles. The lowest BCUT2D eigenvalue weighted by atomic mass is 10.2. The summed E-state index contributed by atoms with van der Waals surface area (Å²) in [5.74, 6) is -0.651. The predicted molar refractivity (Wildman–Crippen MR) is 118 cm³/mol. The van der Waals surface area contributed by atoms with Crippen molar-refractivity contribution in [2.45, 2.75) is 20.5 Å². The zero-order valence-corrected chi connectivity index (χ0v) is 18.8. The third-order valence-corrected chi connectivity index (χ3v) is 8.47. The summed E-state index contributed by atoms with van der Waals surface area (Å²) < 4.78 is 31.4. The van der Waals surface area contributed by atoms with E-state index in [4.69, 9.17) is 0 Å². The number of methoxy groups -OCH3 is 1. The van der Waals surface area contributed by atoms with Crippen LogP contribution in [0, 0.1) is 10.1 Å². The van der Waals surface area contributed by atoms with E-state index in [1.165, 1.54) is 25.3 Å². The smallest absolute Gasteiger partial charge is 0.348 e. The van der Waals surface area contributed by atoms with Crippen molar-refractivity contribution < 1.29 is 22.9 Å². The van der Waals surface area contributed by atoms with Gasteiger partial charge in [-0.1, -0.05) is 6.07 Å². The Bertz CT molecular complexity index is 1230. The maximum Gasteiger partial charge on any atom is 0.348 e. The zero-order chi connectivity index (χ0) is 22.6. The SMILES string of the molecule is COC(=O)c1cc(S(=O)(=O)c2ccc(NCc3ccccn3)c([N+](=O)[O-])c2)c(SC)s1. The molecule has 2 heterocycles. The molecule has 0 aliphatic carbocycles. The number of nitrogens with zero attached hydrogens (tertiary/aromatic N) is 2. The van der Waals surface area contributed by atoms with E-state index in [-0.39, 0.29) is 32.6 Å². The number of esters is 1. The molecule has 1 aromatic carbocycles. The van der Waals surface area contributed by atoms with Gasteiger partial charge < -0.3 is 10.1 Å². The molecular weight excluding hydrogens is 462 g/mol. The lowest BCUT2D eigenvalue weighted by molar-refractivity contribution is -0.384. The maximum atomic E-state index is 13.2. The minimum absolute atomic E-state index is 0.0890. The van der Waals surface area contributed by atoms with Crippen molar-refractivity contribution in [3.05, 3.63) is 69.3 Å². The fourth-order valence-electron chi connectivity index (χ4n) is 2.68. The fourth-order valence-corrected chi connectivity index (χ4v) is 6.62. The minimum Gasteiger partial charge on any atom is -0.465 e. The molecule has 0 spiro atoms. The molecule has 12 heteroatoms. The summed E-state index contributed by atoms with van der Waals surface area (Å²) in [6.45, 7) is 0.234. The number of sulfone groups is 1. The molecule has 0 unspecified atom stereocenters. The number of rotatable bonds is 8. The van der Waals surface area contributed by atoms with Crippen LogP contribution in [0.2, 0.25) is 0 Å². The highest BCUT2D eigenvalue weighted by molar-refractivity contribution is 8.01. The molecule has 0 aliphatic heterocycles.